The average molecular weight is 629 g/mol. The molecule has 7 rings (SSSR count). The largest absolute Gasteiger partial charge is 0.445 e. The second kappa shape index (κ2) is 10.7. The molecule has 3 fully saturated rings. The summed E-state index contributed by atoms with van der Waals surface area (Å²) in [6, 6.07) is 11.8. The molecule has 0 amide bonds. The third-order valence-electron chi connectivity index (χ3n) is 11.6. The highest BCUT2D eigenvalue weighted by Crippen LogP contribution is 2.69. The number of aryl methyl sites for hydroxylation is 1. The maximum Gasteiger partial charge on any atom is 0.355 e. The molecule has 0 bridgehead atoms. The molecule has 1 N–H and O–H groups in total. The van der Waals surface area contributed by atoms with E-state index < -0.39 is 23.1 Å². The standard InChI is InChI=1S/C35H37FN4O4S/c1-33-18-21-20-38-40(24-9-7-23(36)8-10-24)28(21)17-22(33)6-11-25-26-12-13-35(32(43)45-16-14-37,34(26,2)19-29(41)30(25)33)44-31(42)27-5-4-15-39(27)3/h4-5,7-10,15,17,20,25-26,29-30,41H,6,11-13,16,18-19H2,1-3H3/t25-,26-,29-,30+,33?,34-,35-/m0/s1. The molecule has 8 nitrogen and oxygen atoms in total. The zero-order valence-electron chi connectivity index (χ0n) is 25.7. The molecule has 2 aromatic heterocycles. The highest BCUT2D eigenvalue weighted by molar-refractivity contribution is 8.14. The number of carbonyl (C=O) groups is 2. The van der Waals surface area contributed by atoms with Crippen molar-refractivity contribution in [2.24, 2.45) is 35.6 Å². The number of halogens is 1. The number of hydrogen-bond acceptors (Lipinski definition) is 7. The Bertz CT molecular complexity index is 1760. The maximum absolute atomic E-state index is 14.0. The van der Waals surface area contributed by atoms with Crippen LogP contribution in [0.25, 0.3) is 11.8 Å². The summed E-state index contributed by atoms with van der Waals surface area (Å²) < 4.78 is 23.5. The molecule has 2 heterocycles. The third-order valence-corrected chi connectivity index (χ3v) is 12.5. The molecule has 0 radical (unpaired) electrons. The Morgan fingerprint density at radius 2 is 2.00 bits per heavy atom. The fourth-order valence-corrected chi connectivity index (χ4v) is 10.4. The molecule has 45 heavy (non-hydrogen) atoms. The number of fused-ring (bicyclic) bond motifs is 6. The van der Waals surface area contributed by atoms with Crippen LogP contribution in [-0.4, -0.2) is 48.0 Å². The number of thioether (sulfide) groups is 1. The van der Waals surface area contributed by atoms with E-state index in [1.165, 1.54) is 17.7 Å². The van der Waals surface area contributed by atoms with Crippen LogP contribution in [0, 0.1) is 45.7 Å². The maximum atomic E-state index is 14.0. The molecule has 1 aromatic carbocycles. The number of nitrogens with zero attached hydrogens (tertiary/aromatic N) is 4. The molecule has 4 aliphatic rings. The first-order valence-electron chi connectivity index (χ1n) is 15.6. The lowest BCUT2D eigenvalue weighted by Crippen LogP contribution is -2.62. The first kappa shape index (κ1) is 30.0. The zero-order valence-corrected chi connectivity index (χ0v) is 26.5. The Labute approximate surface area is 266 Å². The number of aromatic nitrogens is 3. The summed E-state index contributed by atoms with van der Waals surface area (Å²) in [5.74, 6) is -0.750. The summed E-state index contributed by atoms with van der Waals surface area (Å²) in [6.07, 6.45) is 8.95. The second-order valence-corrected chi connectivity index (χ2v) is 14.7. The Hall–Kier alpha value is -3.68. The second-order valence-electron chi connectivity index (χ2n) is 13.7. The van der Waals surface area contributed by atoms with Gasteiger partial charge in [0.1, 0.15) is 11.5 Å². The number of benzene rings is 1. The van der Waals surface area contributed by atoms with Crippen LogP contribution in [-0.2, 0) is 23.0 Å². The van der Waals surface area contributed by atoms with Crippen LogP contribution in [0.3, 0.4) is 0 Å². The number of rotatable bonds is 5. The lowest BCUT2D eigenvalue weighted by Gasteiger charge is -2.60. The highest BCUT2D eigenvalue weighted by atomic mass is 32.2. The van der Waals surface area contributed by atoms with Crippen LogP contribution in [0.1, 0.15) is 67.7 Å². The lowest BCUT2D eigenvalue weighted by molar-refractivity contribution is -0.174. The number of aliphatic hydroxyl groups is 1. The predicted octanol–water partition coefficient (Wildman–Crippen LogP) is 5.88. The Kier molecular flexibility index (Phi) is 7.13. The van der Waals surface area contributed by atoms with E-state index in [-0.39, 0.29) is 39.9 Å². The van der Waals surface area contributed by atoms with E-state index >= 15 is 0 Å². The molecule has 0 aliphatic heterocycles. The molecule has 10 heteroatoms. The first-order chi connectivity index (χ1) is 21.5. The van der Waals surface area contributed by atoms with Crippen molar-refractivity contribution >= 4 is 28.9 Å². The minimum absolute atomic E-state index is 0.0300. The van der Waals surface area contributed by atoms with Gasteiger partial charge in [-0.15, -0.1) is 0 Å². The Morgan fingerprint density at radius 3 is 2.71 bits per heavy atom. The van der Waals surface area contributed by atoms with Crippen LogP contribution >= 0.6 is 11.8 Å². The lowest BCUT2D eigenvalue weighted by atomic mass is 9.45. The van der Waals surface area contributed by atoms with Crippen molar-refractivity contribution in [3.8, 4) is 11.8 Å². The fourth-order valence-electron chi connectivity index (χ4n) is 9.60. The predicted molar refractivity (Wildman–Crippen MR) is 168 cm³/mol. The normalized spacial score (nSPS) is 33.2. The molecule has 234 valence electrons. The molecule has 3 saturated carbocycles. The van der Waals surface area contributed by atoms with E-state index in [4.69, 9.17) is 4.74 Å². The van der Waals surface area contributed by atoms with Crippen molar-refractivity contribution in [3.63, 3.8) is 0 Å². The van der Waals surface area contributed by atoms with Crippen LogP contribution in [0.2, 0.25) is 0 Å². The van der Waals surface area contributed by atoms with Crippen molar-refractivity contribution in [2.75, 3.05) is 5.75 Å². The van der Waals surface area contributed by atoms with Gasteiger partial charge in [0.2, 0.25) is 5.12 Å². The van der Waals surface area contributed by atoms with Gasteiger partial charge in [0.05, 0.1) is 35.5 Å². The molecule has 3 aromatic rings. The number of ether oxygens (including phenoxy) is 1. The number of nitriles is 1. The number of carbonyl (C=O) groups excluding carboxylic acids is 2. The van der Waals surface area contributed by atoms with Crippen molar-refractivity contribution in [2.45, 2.75) is 64.1 Å². The van der Waals surface area contributed by atoms with E-state index in [9.17, 15) is 24.3 Å². The van der Waals surface area contributed by atoms with E-state index in [1.807, 2.05) is 23.9 Å². The SMILES string of the molecule is Cn1cccc1C(=O)O[C@]1(C(=O)SCC#N)CC[C@H]2[C@@H]3CCC4=Cc5c(cnn5-c5ccc(F)cc5)CC4(C)[C@H]3[C@@H](O)C[C@@]21C. The Balaban J connectivity index is 1.23. The highest BCUT2D eigenvalue weighted by Gasteiger charge is 2.70. The molecule has 1 unspecified atom stereocenters. The molecule has 4 aliphatic carbocycles. The molecule has 7 atom stereocenters. The summed E-state index contributed by atoms with van der Waals surface area (Å²) in [7, 11) is 1.76. The molecular formula is C35H37FN4O4S. The first-order valence-corrected chi connectivity index (χ1v) is 16.6. The van der Waals surface area contributed by atoms with E-state index in [1.54, 1.807) is 42.1 Å². The van der Waals surface area contributed by atoms with Gasteiger partial charge >= 0.3 is 5.97 Å². The summed E-state index contributed by atoms with van der Waals surface area (Å²) in [6.45, 7) is 4.28. The van der Waals surface area contributed by atoms with E-state index in [0.29, 0.717) is 25.0 Å². The number of hydrogen-bond donors (Lipinski definition) is 1. The smallest absolute Gasteiger partial charge is 0.355 e. The molecule has 0 saturated heterocycles. The summed E-state index contributed by atoms with van der Waals surface area (Å²) in [4.78, 5) is 27.6. The third kappa shape index (κ3) is 4.38. The van der Waals surface area contributed by atoms with Crippen molar-refractivity contribution in [3.05, 3.63) is 77.1 Å². The summed E-state index contributed by atoms with van der Waals surface area (Å²) >= 11 is 0.907. The Morgan fingerprint density at radius 1 is 1.22 bits per heavy atom. The van der Waals surface area contributed by atoms with Crippen LogP contribution < -0.4 is 0 Å². The molecular weight excluding hydrogens is 591 g/mol. The zero-order chi connectivity index (χ0) is 31.7. The number of esters is 1. The van der Waals surface area contributed by atoms with E-state index in [0.717, 1.165) is 48.0 Å². The topological polar surface area (TPSA) is 110 Å². The van der Waals surface area contributed by atoms with Gasteiger partial charge in [-0.2, -0.15) is 10.4 Å². The van der Waals surface area contributed by atoms with Crippen molar-refractivity contribution in [1.29, 1.82) is 5.26 Å². The van der Waals surface area contributed by atoms with Gasteiger partial charge in [-0.05, 0) is 110 Å². The van der Waals surface area contributed by atoms with Gasteiger partial charge in [0, 0.05) is 18.7 Å². The van der Waals surface area contributed by atoms with Gasteiger partial charge in [-0.1, -0.05) is 31.2 Å². The summed E-state index contributed by atoms with van der Waals surface area (Å²) in [5.41, 5.74) is 1.97. The van der Waals surface area contributed by atoms with E-state index in [2.05, 4.69) is 18.1 Å². The van der Waals surface area contributed by atoms with Crippen molar-refractivity contribution < 1.29 is 23.8 Å². The van der Waals surface area contributed by atoms with Gasteiger partial charge < -0.3 is 14.4 Å². The number of allylic oxidation sites excluding steroid dienone is 1. The van der Waals surface area contributed by atoms with Gasteiger partial charge in [0.25, 0.3) is 0 Å². The van der Waals surface area contributed by atoms with Gasteiger partial charge in [-0.3, -0.25) is 4.79 Å². The quantitative estimate of drug-likeness (QED) is 0.352. The fraction of sp³-hybridized carbons (Fsp3) is 0.486. The average Bonchev–Trinajstić information content (AvgIpc) is 3.70. The van der Waals surface area contributed by atoms with Crippen LogP contribution in [0.4, 0.5) is 4.39 Å². The van der Waals surface area contributed by atoms with Gasteiger partial charge in [-0.25, -0.2) is 13.9 Å². The van der Waals surface area contributed by atoms with Gasteiger partial charge in [0.15, 0.2) is 5.60 Å². The monoisotopic (exact) mass is 628 g/mol. The van der Waals surface area contributed by atoms with Crippen LogP contribution in [0.5, 0.6) is 0 Å². The number of aliphatic hydroxyl groups excluding tert-OH is 1. The summed E-state index contributed by atoms with van der Waals surface area (Å²) in [5, 5.41) is 25.8. The van der Waals surface area contributed by atoms with Crippen molar-refractivity contribution in [1.82, 2.24) is 14.3 Å². The minimum Gasteiger partial charge on any atom is -0.445 e. The molecule has 0 spiro atoms. The minimum atomic E-state index is -1.44. The van der Waals surface area contributed by atoms with Crippen LogP contribution in [0.15, 0.2) is 54.4 Å².